The molecule has 0 atom stereocenters. The second kappa shape index (κ2) is 8.10. The Morgan fingerprint density at radius 1 is 1.14 bits per heavy atom. The predicted molar refractivity (Wildman–Crippen MR) is 108 cm³/mol. The molecule has 1 aromatic heterocycles. The molecule has 0 radical (unpaired) electrons. The van der Waals surface area contributed by atoms with Crippen LogP contribution in [0.1, 0.15) is 15.9 Å². The molecule has 148 valence electrons. The molecule has 29 heavy (non-hydrogen) atoms. The minimum atomic E-state index is -0.278. The van der Waals surface area contributed by atoms with E-state index in [1.165, 1.54) is 12.5 Å². The number of ether oxygens (including phenoxy) is 2. The topological polar surface area (TPSA) is 81.0 Å². The Hall–Kier alpha value is -3.74. The lowest BCUT2D eigenvalue weighted by atomic mass is 10.1. The highest BCUT2D eigenvalue weighted by molar-refractivity contribution is 6.07. The van der Waals surface area contributed by atoms with Gasteiger partial charge in [-0.25, -0.2) is 0 Å². The van der Waals surface area contributed by atoms with Crippen molar-refractivity contribution in [2.45, 2.75) is 6.42 Å². The van der Waals surface area contributed by atoms with Gasteiger partial charge in [-0.15, -0.1) is 0 Å². The van der Waals surface area contributed by atoms with Crippen LogP contribution in [0.3, 0.4) is 0 Å². The minimum Gasteiger partial charge on any atom is -0.493 e. The van der Waals surface area contributed by atoms with Crippen molar-refractivity contribution in [2.75, 3.05) is 30.5 Å². The van der Waals surface area contributed by atoms with Crippen LogP contribution in [0.2, 0.25) is 0 Å². The number of hydrogen-bond acceptors (Lipinski definition) is 5. The number of anilines is 2. The van der Waals surface area contributed by atoms with E-state index in [2.05, 4.69) is 5.32 Å². The molecule has 1 aliphatic rings. The Kier molecular flexibility index (Phi) is 5.20. The number of fused-ring (bicyclic) bond motifs is 1. The van der Waals surface area contributed by atoms with Crippen molar-refractivity contribution in [1.82, 2.24) is 0 Å². The zero-order chi connectivity index (χ0) is 20.2. The van der Waals surface area contributed by atoms with Gasteiger partial charge in [0, 0.05) is 17.9 Å². The van der Waals surface area contributed by atoms with Crippen LogP contribution in [0.5, 0.6) is 11.5 Å². The summed E-state index contributed by atoms with van der Waals surface area (Å²) in [6, 6.07) is 14.3. The van der Waals surface area contributed by atoms with Gasteiger partial charge in [0.05, 0.1) is 18.9 Å². The van der Waals surface area contributed by atoms with E-state index in [-0.39, 0.29) is 18.4 Å². The molecule has 3 aromatic rings. The first kappa shape index (κ1) is 18.6. The van der Waals surface area contributed by atoms with E-state index in [1.54, 1.807) is 36.3 Å². The molecule has 1 aliphatic heterocycles. The Morgan fingerprint density at radius 3 is 2.72 bits per heavy atom. The summed E-state index contributed by atoms with van der Waals surface area (Å²) in [7, 11) is 1.55. The van der Waals surface area contributed by atoms with Crippen molar-refractivity contribution < 1.29 is 23.5 Å². The first-order valence-electron chi connectivity index (χ1n) is 9.18. The van der Waals surface area contributed by atoms with Crippen molar-refractivity contribution in [3.63, 3.8) is 0 Å². The Bertz CT molecular complexity index is 1030. The third kappa shape index (κ3) is 3.94. The third-order valence-corrected chi connectivity index (χ3v) is 4.70. The molecule has 1 N–H and O–H groups in total. The SMILES string of the molecule is COc1ccccc1OCC(=O)Nc1ccc2c(c1)CCN2C(=O)c1ccoc1. The monoisotopic (exact) mass is 392 g/mol. The van der Waals surface area contributed by atoms with Crippen LogP contribution >= 0.6 is 0 Å². The number of para-hydroxylation sites is 2. The highest BCUT2D eigenvalue weighted by Gasteiger charge is 2.26. The average Bonchev–Trinajstić information content (AvgIpc) is 3.42. The number of methoxy groups -OCH3 is 1. The third-order valence-electron chi connectivity index (χ3n) is 4.70. The first-order chi connectivity index (χ1) is 14.2. The van der Waals surface area contributed by atoms with Crippen LogP contribution in [0.4, 0.5) is 11.4 Å². The van der Waals surface area contributed by atoms with E-state index < -0.39 is 0 Å². The molecular formula is C22H20N2O5. The molecule has 2 amide bonds. The molecule has 0 saturated carbocycles. The Morgan fingerprint density at radius 2 is 1.97 bits per heavy atom. The number of furan rings is 1. The second-order valence-corrected chi connectivity index (χ2v) is 6.55. The van der Waals surface area contributed by atoms with Gasteiger partial charge in [-0.05, 0) is 48.4 Å². The van der Waals surface area contributed by atoms with Gasteiger partial charge in [-0.2, -0.15) is 0 Å². The standard InChI is InChI=1S/C22H20N2O5/c1-27-19-4-2-3-5-20(19)29-14-21(25)23-17-6-7-18-15(12-17)8-10-24(18)22(26)16-9-11-28-13-16/h2-7,9,11-13H,8,10,14H2,1H3,(H,23,25). The van der Waals surface area contributed by atoms with Crippen molar-refractivity contribution >= 4 is 23.2 Å². The molecule has 0 aliphatic carbocycles. The van der Waals surface area contributed by atoms with Crippen LogP contribution in [0.25, 0.3) is 0 Å². The largest absolute Gasteiger partial charge is 0.493 e. The zero-order valence-electron chi connectivity index (χ0n) is 15.9. The van der Waals surface area contributed by atoms with E-state index in [0.29, 0.717) is 29.3 Å². The summed E-state index contributed by atoms with van der Waals surface area (Å²) < 4.78 is 15.8. The number of rotatable bonds is 6. The molecule has 0 spiro atoms. The first-order valence-corrected chi connectivity index (χ1v) is 9.18. The summed E-state index contributed by atoms with van der Waals surface area (Å²) in [5.74, 6) is 0.701. The van der Waals surface area contributed by atoms with Crippen LogP contribution in [-0.2, 0) is 11.2 Å². The zero-order valence-corrected chi connectivity index (χ0v) is 15.9. The lowest BCUT2D eigenvalue weighted by Gasteiger charge is -2.16. The van der Waals surface area contributed by atoms with Crippen molar-refractivity contribution in [1.29, 1.82) is 0 Å². The summed E-state index contributed by atoms with van der Waals surface area (Å²) in [6.07, 6.45) is 3.65. The highest BCUT2D eigenvalue weighted by atomic mass is 16.5. The summed E-state index contributed by atoms with van der Waals surface area (Å²) in [5, 5.41) is 2.83. The maximum absolute atomic E-state index is 12.6. The number of carbonyl (C=O) groups is 2. The number of carbonyl (C=O) groups excluding carboxylic acids is 2. The van der Waals surface area contributed by atoms with E-state index in [4.69, 9.17) is 13.9 Å². The molecule has 7 heteroatoms. The molecule has 0 bridgehead atoms. The van der Waals surface area contributed by atoms with E-state index in [1.807, 2.05) is 24.3 Å². The fraction of sp³-hybridized carbons (Fsp3) is 0.182. The molecule has 0 unspecified atom stereocenters. The fourth-order valence-corrected chi connectivity index (χ4v) is 3.31. The summed E-state index contributed by atoms with van der Waals surface area (Å²) in [4.78, 5) is 26.6. The summed E-state index contributed by atoms with van der Waals surface area (Å²) >= 11 is 0. The normalized spacial score (nSPS) is 12.4. The number of amides is 2. The number of nitrogens with zero attached hydrogens (tertiary/aromatic N) is 1. The molecule has 2 aromatic carbocycles. The lowest BCUT2D eigenvalue weighted by Crippen LogP contribution is -2.28. The quantitative estimate of drug-likeness (QED) is 0.694. The maximum atomic E-state index is 12.6. The van der Waals surface area contributed by atoms with E-state index in [0.717, 1.165) is 17.7 Å². The predicted octanol–water partition coefficient (Wildman–Crippen LogP) is 3.51. The van der Waals surface area contributed by atoms with Gasteiger partial charge >= 0.3 is 0 Å². The molecule has 4 rings (SSSR count). The van der Waals surface area contributed by atoms with E-state index >= 15 is 0 Å². The maximum Gasteiger partial charge on any atom is 0.262 e. The van der Waals surface area contributed by atoms with Gasteiger partial charge in [-0.3, -0.25) is 9.59 Å². The Balaban J connectivity index is 1.39. The van der Waals surface area contributed by atoms with Crippen LogP contribution in [0, 0.1) is 0 Å². The van der Waals surface area contributed by atoms with Gasteiger partial charge < -0.3 is 24.1 Å². The molecule has 0 fully saturated rings. The highest BCUT2D eigenvalue weighted by Crippen LogP contribution is 2.32. The molecular weight excluding hydrogens is 372 g/mol. The van der Waals surface area contributed by atoms with Gasteiger partial charge in [0.1, 0.15) is 6.26 Å². The lowest BCUT2D eigenvalue weighted by molar-refractivity contribution is -0.118. The van der Waals surface area contributed by atoms with Gasteiger partial charge in [-0.1, -0.05) is 12.1 Å². The van der Waals surface area contributed by atoms with Crippen molar-refractivity contribution in [3.05, 3.63) is 72.2 Å². The smallest absolute Gasteiger partial charge is 0.262 e. The molecule has 7 nitrogen and oxygen atoms in total. The van der Waals surface area contributed by atoms with Crippen LogP contribution in [-0.4, -0.2) is 32.1 Å². The fourth-order valence-electron chi connectivity index (χ4n) is 3.31. The number of nitrogens with one attached hydrogen (secondary N) is 1. The average molecular weight is 392 g/mol. The second-order valence-electron chi connectivity index (χ2n) is 6.55. The number of hydrogen-bond donors (Lipinski definition) is 1. The molecule has 0 saturated heterocycles. The van der Waals surface area contributed by atoms with Crippen molar-refractivity contribution in [3.8, 4) is 11.5 Å². The minimum absolute atomic E-state index is 0.0977. The molecule has 2 heterocycles. The van der Waals surface area contributed by atoms with Gasteiger partial charge in [0.2, 0.25) is 0 Å². The Labute approximate surface area is 167 Å². The van der Waals surface area contributed by atoms with E-state index in [9.17, 15) is 9.59 Å². The van der Waals surface area contributed by atoms with Gasteiger partial charge in [0.25, 0.3) is 11.8 Å². The summed E-state index contributed by atoms with van der Waals surface area (Å²) in [5.41, 5.74) is 3.03. The van der Waals surface area contributed by atoms with Gasteiger partial charge in [0.15, 0.2) is 18.1 Å². The van der Waals surface area contributed by atoms with Crippen LogP contribution in [0.15, 0.2) is 65.5 Å². The summed E-state index contributed by atoms with van der Waals surface area (Å²) in [6.45, 7) is 0.455. The van der Waals surface area contributed by atoms with Crippen molar-refractivity contribution in [2.24, 2.45) is 0 Å². The number of benzene rings is 2. The van der Waals surface area contributed by atoms with Crippen LogP contribution < -0.4 is 19.7 Å².